The van der Waals surface area contributed by atoms with Gasteiger partial charge in [-0.15, -0.1) is 0 Å². The molecule has 2 nitrogen and oxygen atoms in total. The Balaban J connectivity index is 1.93. The van der Waals surface area contributed by atoms with Gasteiger partial charge in [0.2, 0.25) is 5.91 Å². The number of carbonyl (C=O) groups excluding carboxylic acids is 1. The lowest BCUT2D eigenvalue weighted by atomic mass is 9.92. The molecule has 1 amide bonds. The van der Waals surface area contributed by atoms with Crippen LogP contribution in [0.2, 0.25) is 0 Å². The quantitative estimate of drug-likeness (QED) is 0.559. The molecule has 15 heavy (non-hydrogen) atoms. The molecule has 84 valence electrons. The smallest absolute Gasteiger partial charge is 0.227 e. The Morgan fingerprint density at radius 2 is 1.47 bits per heavy atom. The van der Waals surface area contributed by atoms with E-state index >= 15 is 0 Å². The van der Waals surface area contributed by atoms with Gasteiger partial charge in [-0.3, -0.25) is 4.79 Å². The van der Waals surface area contributed by atoms with Crippen molar-refractivity contribution in [2.75, 3.05) is 13.1 Å². The molecule has 0 aromatic carbocycles. The monoisotopic (exact) mass is 207 g/mol. The first-order valence-electron chi connectivity index (χ1n) is 5.97. The summed E-state index contributed by atoms with van der Waals surface area (Å²) in [5, 5.41) is 0. The van der Waals surface area contributed by atoms with Gasteiger partial charge in [0.15, 0.2) is 0 Å². The number of allylic oxidation sites excluding steroid dienone is 1. The van der Waals surface area contributed by atoms with Gasteiger partial charge in [-0.05, 0) is 25.7 Å². The molecule has 0 atom stereocenters. The van der Waals surface area contributed by atoms with E-state index in [9.17, 15) is 4.79 Å². The Morgan fingerprint density at radius 3 is 1.87 bits per heavy atom. The number of likely N-dealkylation sites (tertiary alicyclic amines) is 1. The zero-order chi connectivity index (χ0) is 11.1. The van der Waals surface area contributed by atoms with E-state index in [4.69, 9.17) is 0 Å². The van der Waals surface area contributed by atoms with Gasteiger partial charge in [-0.1, -0.05) is 31.9 Å². The molecule has 2 fully saturated rings. The standard InChI is InChI=1S/C13H21NO/c1-13(2,3)12(15)14-8-6-11(7-9-14)10-4-5-10/h4-9H2,1-3H3. The maximum absolute atomic E-state index is 12.0. The average Bonchev–Trinajstić information content (AvgIpc) is 2.99. The highest BCUT2D eigenvalue weighted by molar-refractivity contribution is 5.81. The highest BCUT2D eigenvalue weighted by Gasteiger charge is 2.30. The Morgan fingerprint density at radius 1 is 1.00 bits per heavy atom. The van der Waals surface area contributed by atoms with E-state index < -0.39 is 0 Å². The third-order valence-corrected chi connectivity index (χ3v) is 3.30. The summed E-state index contributed by atoms with van der Waals surface area (Å²) in [6.07, 6.45) is 4.89. The summed E-state index contributed by atoms with van der Waals surface area (Å²) in [5.41, 5.74) is 3.11. The van der Waals surface area contributed by atoms with E-state index in [2.05, 4.69) is 0 Å². The number of rotatable bonds is 0. The fraction of sp³-hybridized carbons (Fsp3) is 0.769. The third-order valence-electron chi connectivity index (χ3n) is 3.30. The topological polar surface area (TPSA) is 20.3 Å². The molecule has 2 heteroatoms. The molecule has 0 radical (unpaired) electrons. The molecule has 0 unspecified atom stereocenters. The lowest BCUT2D eigenvalue weighted by Crippen LogP contribution is -2.42. The molecule has 0 aromatic heterocycles. The third kappa shape index (κ3) is 2.42. The second kappa shape index (κ2) is 3.66. The van der Waals surface area contributed by atoms with Crippen molar-refractivity contribution in [1.82, 2.24) is 4.90 Å². The molecule has 1 aliphatic carbocycles. The summed E-state index contributed by atoms with van der Waals surface area (Å²) in [5.74, 6) is 0.308. The van der Waals surface area contributed by atoms with Crippen LogP contribution in [0.1, 0.15) is 46.5 Å². The Labute approximate surface area is 92.3 Å². The molecular formula is C13H21NO. The Kier molecular flexibility index (Phi) is 2.61. The van der Waals surface area contributed by atoms with Gasteiger partial charge in [0.1, 0.15) is 0 Å². The van der Waals surface area contributed by atoms with Crippen LogP contribution in [0.5, 0.6) is 0 Å². The van der Waals surface area contributed by atoms with Crippen molar-refractivity contribution in [2.24, 2.45) is 5.41 Å². The van der Waals surface area contributed by atoms with Crippen LogP contribution >= 0.6 is 0 Å². The predicted molar refractivity (Wildman–Crippen MR) is 61.5 cm³/mol. The van der Waals surface area contributed by atoms with Crippen LogP contribution in [0.25, 0.3) is 0 Å². The molecule has 0 bridgehead atoms. The summed E-state index contributed by atoms with van der Waals surface area (Å²) in [6, 6.07) is 0. The maximum Gasteiger partial charge on any atom is 0.227 e. The van der Waals surface area contributed by atoms with Gasteiger partial charge in [-0.2, -0.15) is 0 Å². The van der Waals surface area contributed by atoms with Gasteiger partial charge >= 0.3 is 0 Å². The van der Waals surface area contributed by atoms with Crippen molar-refractivity contribution in [1.29, 1.82) is 0 Å². The first kappa shape index (κ1) is 10.7. The van der Waals surface area contributed by atoms with E-state index in [1.54, 1.807) is 11.1 Å². The maximum atomic E-state index is 12.0. The molecule has 1 heterocycles. The van der Waals surface area contributed by atoms with E-state index in [0.29, 0.717) is 5.91 Å². The second-order valence-corrected chi connectivity index (χ2v) is 5.75. The first-order valence-corrected chi connectivity index (χ1v) is 5.97. The largest absolute Gasteiger partial charge is 0.342 e. The van der Waals surface area contributed by atoms with Crippen molar-refractivity contribution >= 4 is 5.91 Å². The van der Waals surface area contributed by atoms with Crippen LogP contribution in [-0.4, -0.2) is 23.9 Å². The number of piperidine rings is 1. The predicted octanol–water partition coefficient (Wildman–Crippen LogP) is 2.75. The van der Waals surface area contributed by atoms with Crippen LogP contribution in [0.3, 0.4) is 0 Å². The molecule has 2 aliphatic rings. The lowest BCUT2D eigenvalue weighted by Gasteiger charge is -2.33. The SMILES string of the molecule is CC(C)(C)C(=O)N1CCC(=C2CC2)CC1. The summed E-state index contributed by atoms with van der Waals surface area (Å²) in [4.78, 5) is 14.1. The molecule has 1 saturated heterocycles. The normalized spacial score (nSPS) is 21.9. The van der Waals surface area contributed by atoms with Crippen LogP contribution < -0.4 is 0 Å². The lowest BCUT2D eigenvalue weighted by molar-refractivity contribution is -0.139. The minimum Gasteiger partial charge on any atom is -0.342 e. The van der Waals surface area contributed by atoms with Crippen LogP contribution in [-0.2, 0) is 4.79 Å². The molecule has 1 aliphatic heterocycles. The van der Waals surface area contributed by atoms with E-state index in [1.807, 2.05) is 25.7 Å². The molecule has 1 saturated carbocycles. The van der Waals surface area contributed by atoms with Crippen LogP contribution in [0.15, 0.2) is 11.1 Å². The fourth-order valence-electron chi connectivity index (χ4n) is 2.22. The zero-order valence-corrected chi connectivity index (χ0v) is 10.1. The molecule has 0 spiro atoms. The Hall–Kier alpha value is -0.790. The van der Waals surface area contributed by atoms with Crippen molar-refractivity contribution in [3.8, 4) is 0 Å². The summed E-state index contributed by atoms with van der Waals surface area (Å²) in [6.45, 7) is 7.89. The number of nitrogens with zero attached hydrogens (tertiary/aromatic N) is 1. The molecule has 0 N–H and O–H groups in total. The van der Waals surface area contributed by atoms with Crippen molar-refractivity contribution in [2.45, 2.75) is 46.5 Å². The number of hydrogen-bond acceptors (Lipinski definition) is 1. The van der Waals surface area contributed by atoms with Gasteiger partial charge in [0.25, 0.3) is 0 Å². The van der Waals surface area contributed by atoms with Crippen molar-refractivity contribution in [3.63, 3.8) is 0 Å². The molecule has 2 rings (SSSR count). The highest BCUT2D eigenvalue weighted by atomic mass is 16.2. The van der Waals surface area contributed by atoms with Crippen molar-refractivity contribution < 1.29 is 4.79 Å². The zero-order valence-electron chi connectivity index (χ0n) is 10.1. The van der Waals surface area contributed by atoms with Gasteiger partial charge < -0.3 is 4.90 Å². The van der Waals surface area contributed by atoms with E-state index in [-0.39, 0.29) is 5.41 Å². The van der Waals surface area contributed by atoms with E-state index in [1.165, 1.54) is 12.8 Å². The van der Waals surface area contributed by atoms with Crippen LogP contribution in [0.4, 0.5) is 0 Å². The second-order valence-electron chi connectivity index (χ2n) is 5.75. The average molecular weight is 207 g/mol. The number of hydrogen-bond donors (Lipinski definition) is 0. The summed E-state index contributed by atoms with van der Waals surface area (Å²) < 4.78 is 0. The number of amides is 1. The minimum atomic E-state index is -0.218. The summed E-state index contributed by atoms with van der Waals surface area (Å²) >= 11 is 0. The summed E-state index contributed by atoms with van der Waals surface area (Å²) in [7, 11) is 0. The highest BCUT2D eigenvalue weighted by Crippen LogP contribution is 2.36. The molecular weight excluding hydrogens is 186 g/mol. The van der Waals surface area contributed by atoms with Crippen LogP contribution in [0, 0.1) is 5.41 Å². The minimum absolute atomic E-state index is 0.218. The van der Waals surface area contributed by atoms with E-state index in [0.717, 1.165) is 25.9 Å². The molecule has 0 aromatic rings. The van der Waals surface area contributed by atoms with Gasteiger partial charge in [0.05, 0.1) is 0 Å². The Bertz CT molecular complexity index is 293. The fourth-order valence-corrected chi connectivity index (χ4v) is 2.22. The van der Waals surface area contributed by atoms with Gasteiger partial charge in [0, 0.05) is 18.5 Å². The number of carbonyl (C=O) groups is 1. The first-order chi connectivity index (χ1) is 6.98. The van der Waals surface area contributed by atoms with Gasteiger partial charge in [-0.25, -0.2) is 0 Å². The van der Waals surface area contributed by atoms with Crippen molar-refractivity contribution in [3.05, 3.63) is 11.1 Å².